The molecule has 0 fully saturated rings. The van der Waals surface area contributed by atoms with Gasteiger partial charge in [-0.2, -0.15) is 0 Å². The maximum absolute atomic E-state index is 13.3. The van der Waals surface area contributed by atoms with Crippen LogP contribution in [0.1, 0.15) is 21.7 Å². The van der Waals surface area contributed by atoms with E-state index in [1.54, 1.807) is 36.5 Å². The molecule has 8 heteroatoms. The summed E-state index contributed by atoms with van der Waals surface area (Å²) >= 11 is 12.1. The maximum atomic E-state index is 13.3. The molecule has 32 heavy (non-hydrogen) atoms. The first kappa shape index (κ1) is 23.9. The first-order chi connectivity index (χ1) is 15.5. The van der Waals surface area contributed by atoms with Gasteiger partial charge in [-0.1, -0.05) is 53.5 Å². The molecule has 0 unspecified atom stereocenters. The lowest BCUT2D eigenvalue weighted by molar-refractivity contribution is -0.133. The Labute approximate surface area is 197 Å². The van der Waals surface area contributed by atoms with E-state index in [4.69, 9.17) is 32.4 Å². The number of ether oxygens (including phenoxy) is 1. The first-order valence-corrected chi connectivity index (χ1v) is 10.8. The van der Waals surface area contributed by atoms with E-state index in [0.717, 1.165) is 5.56 Å². The van der Waals surface area contributed by atoms with Crippen LogP contribution in [0.15, 0.2) is 71.3 Å². The fourth-order valence-corrected chi connectivity index (χ4v) is 3.45. The normalized spacial score (nSPS) is 10.7. The highest BCUT2D eigenvalue weighted by molar-refractivity contribution is 6.42. The molecular weight excluding hydrogens is 451 g/mol. The number of carbonyl (C=O) groups excluding carboxylic acids is 2. The van der Waals surface area contributed by atoms with Gasteiger partial charge < -0.3 is 19.0 Å². The van der Waals surface area contributed by atoms with Crippen molar-refractivity contribution in [2.45, 2.75) is 13.1 Å². The number of furan rings is 1. The molecule has 0 spiro atoms. The molecule has 3 aromatic rings. The van der Waals surface area contributed by atoms with Gasteiger partial charge in [-0.25, -0.2) is 0 Å². The van der Waals surface area contributed by atoms with Gasteiger partial charge in [-0.3, -0.25) is 9.59 Å². The van der Waals surface area contributed by atoms with Gasteiger partial charge in [-0.15, -0.1) is 0 Å². The van der Waals surface area contributed by atoms with Gasteiger partial charge in [0.25, 0.3) is 5.91 Å². The monoisotopic (exact) mass is 474 g/mol. The van der Waals surface area contributed by atoms with Gasteiger partial charge in [0, 0.05) is 25.8 Å². The predicted octanol–water partition coefficient (Wildman–Crippen LogP) is 4.90. The Bertz CT molecular complexity index is 1030. The minimum atomic E-state index is -0.327. The van der Waals surface area contributed by atoms with Crippen molar-refractivity contribution < 1.29 is 18.7 Å². The summed E-state index contributed by atoms with van der Waals surface area (Å²) in [6.07, 6.45) is 1.57. The Kier molecular flexibility index (Phi) is 8.73. The summed E-state index contributed by atoms with van der Waals surface area (Å²) in [4.78, 5) is 29.5. The van der Waals surface area contributed by atoms with Gasteiger partial charge in [-0.05, 0) is 35.9 Å². The number of nitrogens with zero attached hydrogens (tertiary/aromatic N) is 2. The molecule has 168 valence electrons. The third kappa shape index (κ3) is 6.60. The molecular formula is C24H24Cl2N2O4. The number of halogens is 2. The Hall–Kier alpha value is -2.80. The zero-order valence-corrected chi connectivity index (χ0v) is 19.2. The van der Waals surface area contributed by atoms with Crippen molar-refractivity contribution >= 4 is 35.0 Å². The second-order valence-corrected chi connectivity index (χ2v) is 7.98. The van der Waals surface area contributed by atoms with Crippen LogP contribution in [0.3, 0.4) is 0 Å². The molecule has 2 amide bonds. The fraction of sp³-hybridized carbons (Fsp3) is 0.250. The summed E-state index contributed by atoms with van der Waals surface area (Å²) in [6, 6.07) is 17.9. The Morgan fingerprint density at radius 1 is 0.938 bits per heavy atom. The molecule has 0 N–H and O–H groups in total. The molecule has 0 saturated heterocycles. The van der Waals surface area contributed by atoms with E-state index in [9.17, 15) is 9.59 Å². The Morgan fingerprint density at radius 2 is 1.72 bits per heavy atom. The number of hydrogen-bond acceptors (Lipinski definition) is 4. The summed E-state index contributed by atoms with van der Waals surface area (Å²) in [7, 11) is 1.54. The summed E-state index contributed by atoms with van der Waals surface area (Å²) in [5.74, 6) is 0.120. The first-order valence-electron chi connectivity index (χ1n) is 10.0. The van der Waals surface area contributed by atoms with E-state index in [1.807, 2.05) is 36.4 Å². The second kappa shape index (κ2) is 11.7. The van der Waals surface area contributed by atoms with Crippen molar-refractivity contribution in [1.29, 1.82) is 0 Å². The van der Waals surface area contributed by atoms with Crippen LogP contribution < -0.4 is 0 Å². The van der Waals surface area contributed by atoms with Crippen LogP contribution in [0, 0.1) is 0 Å². The van der Waals surface area contributed by atoms with Crippen molar-refractivity contribution in [2.24, 2.45) is 0 Å². The summed E-state index contributed by atoms with van der Waals surface area (Å²) in [6.45, 7) is 1.10. The summed E-state index contributed by atoms with van der Waals surface area (Å²) in [5.41, 5.74) is 1.33. The highest BCUT2D eigenvalue weighted by Crippen LogP contribution is 2.23. The van der Waals surface area contributed by atoms with Gasteiger partial charge in [0.2, 0.25) is 5.91 Å². The molecule has 1 heterocycles. The lowest BCUT2D eigenvalue weighted by Crippen LogP contribution is -2.43. The average Bonchev–Trinajstić information content (AvgIpc) is 3.31. The van der Waals surface area contributed by atoms with Crippen molar-refractivity contribution in [2.75, 3.05) is 26.8 Å². The van der Waals surface area contributed by atoms with Crippen molar-refractivity contribution in [3.05, 3.63) is 93.9 Å². The van der Waals surface area contributed by atoms with E-state index in [1.165, 1.54) is 11.0 Å². The van der Waals surface area contributed by atoms with Crippen molar-refractivity contribution in [3.8, 4) is 0 Å². The molecule has 0 aliphatic rings. The quantitative estimate of drug-likeness (QED) is 0.418. The van der Waals surface area contributed by atoms with Crippen LogP contribution in [0.5, 0.6) is 0 Å². The van der Waals surface area contributed by atoms with Crippen LogP contribution in [-0.4, -0.2) is 48.4 Å². The largest absolute Gasteiger partial charge is 0.467 e. The third-order valence-electron chi connectivity index (χ3n) is 4.84. The van der Waals surface area contributed by atoms with E-state index in [0.29, 0.717) is 29.4 Å². The Morgan fingerprint density at radius 3 is 2.38 bits per heavy atom. The maximum Gasteiger partial charge on any atom is 0.254 e. The molecule has 6 nitrogen and oxygen atoms in total. The average molecular weight is 475 g/mol. The number of rotatable bonds is 10. The van der Waals surface area contributed by atoms with E-state index >= 15 is 0 Å². The van der Waals surface area contributed by atoms with Crippen LogP contribution >= 0.6 is 23.2 Å². The van der Waals surface area contributed by atoms with Crippen LogP contribution in [0.4, 0.5) is 0 Å². The van der Waals surface area contributed by atoms with Gasteiger partial charge >= 0.3 is 0 Å². The second-order valence-electron chi connectivity index (χ2n) is 7.16. The molecule has 1 aromatic heterocycles. The number of methoxy groups -OCH3 is 1. The molecule has 2 aromatic carbocycles. The number of carbonyl (C=O) groups is 2. The molecule has 0 atom stereocenters. The molecule has 3 rings (SSSR count). The molecule has 0 saturated carbocycles. The summed E-state index contributed by atoms with van der Waals surface area (Å²) in [5, 5.41) is 0.634. The molecule has 0 aliphatic heterocycles. The van der Waals surface area contributed by atoms with Crippen LogP contribution in [0.2, 0.25) is 10.0 Å². The molecule has 0 radical (unpaired) electrons. The van der Waals surface area contributed by atoms with Gasteiger partial charge in [0.15, 0.2) is 0 Å². The van der Waals surface area contributed by atoms with E-state index in [-0.39, 0.29) is 36.5 Å². The zero-order valence-electron chi connectivity index (χ0n) is 17.7. The summed E-state index contributed by atoms with van der Waals surface area (Å²) < 4.78 is 10.6. The minimum Gasteiger partial charge on any atom is -0.467 e. The smallest absolute Gasteiger partial charge is 0.254 e. The highest BCUT2D eigenvalue weighted by Gasteiger charge is 2.23. The minimum absolute atomic E-state index is 0.115. The highest BCUT2D eigenvalue weighted by atomic mass is 35.5. The van der Waals surface area contributed by atoms with Gasteiger partial charge in [0.05, 0.1) is 29.5 Å². The predicted molar refractivity (Wildman–Crippen MR) is 124 cm³/mol. The number of benzene rings is 2. The molecule has 0 aliphatic carbocycles. The number of hydrogen-bond donors (Lipinski definition) is 0. The van der Waals surface area contributed by atoms with Crippen LogP contribution in [-0.2, 0) is 22.6 Å². The zero-order chi connectivity index (χ0) is 22.9. The standard InChI is InChI=1S/C24H24Cl2N2O4/c1-31-13-11-27(24(30)19-9-10-21(25)22(26)14-19)17-23(29)28(16-20-8-5-12-32-20)15-18-6-3-2-4-7-18/h2-10,12,14H,11,13,15-17H2,1H3. The van der Waals surface area contributed by atoms with Crippen LogP contribution in [0.25, 0.3) is 0 Å². The third-order valence-corrected chi connectivity index (χ3v) is 5.58. The number of amides is 2. The lowest BCUT2D eigenvalue weighted by Gasteiger charge is -2.27. The SMILES string of the molecule is COCCN(CC(=O)N(Cc1ccccc1)Cc1ccco1)C(=O)c1ccc(Cl)c(Cl)c1. The van der Waals surface area contributed by atoms with Crippen molar-refractivity contribution in [1.82, 2.24) is 9.80 Å². The van der Waals surface area contributed by atoms with E-state index < -0.39 is 0 Å². The fourth-order valence-electron chi connectivity index (χ4n) is 3.16. The Balaban J connectivity index is 1.80. The molecule has 0 bridgehead atoms. The van der Waals surface area contributed by atoms with Crippen molar-refractivity contribution in [3.63, 3.8) is 0 Å². The van der Waals surface area contributed by atoms with Gasteiger partial charge in [0.1, 0.15) is 12.3 Å². The lowest BCUT2D eigenvalue weighted by atomic mass is 10.2. The van der Waals surface area contributed by atoms with E-state index in [2.05, 4.69) is 0 Å². The topological polar surface area (TPSA) is 63.0 Å².